The Hall–Kier alpha value is -4.19. The second kappa shape index (κ2) is 9.75. The van der Waals surface area contributed by atoms with Crippen molar-refractivity contribution in [2.45, 2.75) is 0 Å². The van der Waals surface area contributed by atoms with Crippen LogP contribution in [0.4, 0.5) is 17.6 Å². The first-order valence-corrected chi connectivity index (χ1v) is 10.3. The molecule has 0 saturated carbocycles. The van der Waals surface area contributed by atoms with E-state index in [1.54, 1.807) is 24.3 Å². The summed E-state index contributed by atoms with van der Waals surface area (Å²) in [4.78, 5) is 13.2. The Morgan fingerprint density at radius 1 is 0.735 bits per heavy atom. The van der Waals surface area contributed by atoms with Gasteiger partial charge in [-0.05, 0) is 82.9 Å². The van der Waals surface area contributed by atoms with Gasteiger partial charge in [0.25, 0.3) is 0 Å². The number of ether oxygens (including phenoxy) is 1. The van der Waals surface area contributed by atoms with E-state index in [-0.39, 0.29) is 16.9 Å². The topological polar surface area (TPSA) is 26.3 Å². The lowest BCUT2D eigenvalue weighted by Crippen LogP contribution is -2.03. The predicted octanol–water partition coefficient (Wildman–Crippen LogP) is 7.48. The van der Waals surface area contributed by atoms with Crippen molar-refractivity contribution in [3.8, 4) is 28.0 Å². The van der Waals surface area contributed by atoms with Crippen LogP contribution in [0.5, 0.6) is 5.75 Å². The standard InChI is InChI=1S/C28H18F4O2/c1-34-27-16-19(17-5-9-20(29)10-6-17)15-23(18-7-11-21(30)12-8-18)28(27)26(33)14-13-22-24(31)3-2-4-25(22)32/h2-16H,1H3/b14-13+. The van der Waals surface area contributed by atoms with Gasteiger partial charge in [-0.25, -0.2) is 17.6 Å². The van der Waals surface area contributed by atoms with E-state index in [0.717, 1.165) is 24.3 Å². The Labute approximate surface area is 193 Å². The molecule has 0 bridgehead atoms. The van der Waals surface area contributed by atoms with Crippen molar-refractivity contribution in [2.75, 3.05) is 7.11 Å². The lowest BCUT2D eigenvalue weighted by molar-refractivity contribution is 0.104. The van der Waals surface area contributed by atoms with Gasteiger partial charge in [0, 0.05) is 5.56 Å². The third-order valence-corrected chi connectivity index (χ3v) is 5.30. The van der Waals surface area contributed by atoms with Crippen molar-refractivity contribution in [1.29, 1.82) is 0 Å². The van der Waals surface area contributed by atoms with Gasteiger partial charge >= 0.3 is 0 Å². The van der Waals surface area contributed by atoms with Crippen LogP contribution < -0.4 is 4.74 Å². The summed E-state index contributed by atoms with van der Waals surface area (Å²) in [6.45, 7) is 0. The van der Waals surface area contributed by atoms with E-state index >= 15 is 0 Å². The number of ketones is 1. The van der Waals surface area contributed by atoms with E-state index in [4.69, 9.17) is 4.74 Å². The van der Waals surface area contributed by atoms with Crippen LogP contribution in [-0.4, -0.2) is 12.9 Å². The molecule has 4 aromatic rings. The molecule has 4 rings (SSSR count). The van der Waals surface area contributed by atoms with Crippen LogP contribution in [0.2, 0.25) is 0 Å². The number of rotatable bonds is 6. The average Bonchev–Trinajstić information content (AvgIpc) is 2.83. The summed E-state index contributed by atoms with van der Waals surface area (Å²) in [5.41, 5.74) is 2.04. The number of halogens is 4. The van der Waals surface area contributed by atoms with Crippen LogP contribution in [0.25, 0.3) is 28.3 Å². The number of carbonyl (C=O) groups is 1. The molecule has 6 heteroatoms. The highest BCUT2D eigenvalue weighted by Crippen LogP contribution is 2.37. The minimum Gasteiger partial charge on any atom is -0.496 e. The normalized spacial score (nSPS) is 11.1. The highest BCUT2D eigenvalue weighted by molar-refractivity contribution is 6.13. The molecule has 0 amide bonds. The van der Waals surface area contributed by atoms with Gasteiger partial charge in [-0.1, -0.05) is 30.3 Å². The minimum absolute atomic E-state index is 0.132. The smallest absolute Gasteiger partial charge is 0.190 e. The average molecular weight is 462 g/mol. The largest absolute Gasteiger partial charge is 0.496 e. The molecule has 0 heterocycles. The van der Waals surface area contributed by atoms with Crippen LogP contribution in [-0.2, 0) is 0 Å². The summed E-state index contributed by atoms with van der Waals surface area (Å²) in [6, 6.07) is 18.1. The van der Waals surface area contributed by atoms with Gasteiger partial charge < -0.3 is 4.74 Å². The lowest BCUT2D eigenvalue weighted by atomic mass is 9.91. The van der Waals surface area contributed by atoms with E-state index in [1.165, 1.54) is 49.6 Å². The van der Waals surface area contributed by atoms with E-state index in [9.17, 15) is 22.4 Å². The van der Waals surface area contributed by atoms with E-state index < -0.39 is 29.1 Å². The molecule has 0 aliphatic rings. The van der Waals surface area contributed by atoms with Crippen molar-refractivity contribution in [2.24, 2.45) is 0 Å². The summed E-state index contributed by atoms with van der Waals surface area (Å²) in [7, 11) is 1.38. The highest BCUT2D eigenvalue weighted by Gasteiger charge is 2.20. The Kier molecular flexibility index (Phi) is 6.59. The molecule has 0 aliphatic heterocycles. The van der Waals surface area contributed by atoms with Gasteiger partial charge in [-0.15, -0.1) is 0 Å². The van der Waals surface area contributed by atoms with Gasteiger partial charge in [0.15, 0.2) is 5.78 Å². The quantitative estimate of drug-likeness (QED) is 0.169. The zero-order valence-corrected chi connectivity index (χ0v) is 18.0. The summed E-state index contributed by atoms with van der Waals surface area (Å²) >= 11 is 0. The molecule has 0 unspecified atom stereocenters. The van der Waals surface area contributed by atoms with Crippen LogP contribution >= 0.6 is 0 Å². The zero-order valence-electron chi connectivity index (χ0n) is 18.0. The molecule has 34 heavy (non-hydrogen) atoms. The van der Waals surface area contributed by atoms with Crippen molar-refractivity contribution in [3.05, 3.63) is 119 Å². The van der Waals surface area contributed by atoms with Crippen LogP contribution in [0, 0.1) is 23.3 Å². The number of hydrogen-bond acceptors (Lipinski definition) is 2. The van der Waals surface area contributed by atoms with Crippen molar-refractivity contribution >= 4 is 11.9 Å². The van der Waals surface area contributed by atoms with E-state index in [0.29, 0.717) is 22.3 Å². The van der Waals surface area contributed by atoms with Crippen LogP contribution in [0.3, 0.4) is 0 Å². The van der Waals surface area contributed by atoms with Crippen molar-refractivity contribution < 1.29 is 27.1 Å². The van der Waals surface area contributed by atoms with Gasteiger partial charge in [-0.3, -0.25) is 4.79 Å². The van der Waals surface area contributed by atoms with Crippen LogP contribution in [0.15, 0.2) is 84.9 Å². The second-order valence-corrected chi connectivity index (χ2v) is 7.45. The molecule has 170 valence electrons. The number of methoxy groups -OCH3 is 1. The molecule has 2 nitrogen and oxygen atoms in total. The van der Waals surface area contributed by atoms with Crippen molar-refractivity contribution in [1.82, 2.24) is 0 Å². The van der Waals surface area contributed by atoms with Gasteiger partial charge in [0.2, 0.25) is 0 Å². The number of hydrogen-bond donors (Lipinski definition) is 0. The summed E-state index contributed by atoms with van der Waals surface area (Å²) in [6.07, 6.45) is 2.12. The van der Waals surface area contributed by atoms with Gasteiger partial charge in [0.05, 0.1) is 12.7 Å². The molecule has 0 spiro atoms. The molecular formula is C28H18F4O2. The maximum absolute atomic E-state index is 14.0. The molecule has 0 fully saturated rings. The summed E-state index contributed by atoms with van der Waals surface area (Å²) in [5.74, 6) is -2.82. The first kappa shape index (κ1) is 23.0. The Bertz CT molecular complexity index is 1350. The van der Waals surface area contributed by atoms with E-state index in [1.807, 2.05) is 0 Å². The van der Waals surface area contributed by atoms with E-state index in [2.05, 4.69) is 0 Å². The third-order valence-electron chi connectivity index (χ3n) is 5.30. The fraction of sp³-hybridized carbons (Fsp3) is 0.0357. The SMILES string of the molecule is COc1cc(-c2ccc(F)cc2)cc(-c2ccc(F)cc2)c1C(=O)/C=C/c1c(F)cccc1F. The summed E-state index contributed by atoms with van der Waals surface area (Å²) in [5, 5.41) is 0. The van der Waals surface area contributed by atoms with Gasteiger partial charge in [0.1, 0.15) is 29.0 Å². The Morgan fingerprint density at radius 2 is 1.29 bits per heavy atom. The van der Waals surface area contributed by atoms with Crippen LogP contribution in [0.1, 0.15) is 15.9 Å². The molecular weight excluding hydrogens is 444 g/mol. The Balaban J connectivity index is 1.88. The lowest BCUT2D eigenvalue weighted by Gasteiger charge is -2.15. The minimum atomic E-state index is -0.804. The van der Waals surface area contributed by atoms with Crippen molar-refractivity contribution in [3.63, 3.8) is 0 Å². The number of benzene rings is 4. The highest BCUT2D eigenvalue weighted by atomic mass is 19.1. The fourth-order valence-corrected chi connectivity index (χ4v) is 3.61. The molecule has 0 atom stereocenters. The molecule has 0 N–H and O–H groups in total. The number of carbonyl (C=O) groups excluding carboxylic acids is 1. The maximum atomic E-state index is 14.0. The monoisotopic (exact) mass is 462 g/mol. The first-order valence-electron chi connectivity index (χ1n) is 10.3. The molecule has 0 aliphatic carbocycles. The summed E-state index contributed by atoms with van der Waals surface area (Å²) < 4.78 is 60.5. The molecule has 4 aromatic carbocycles. The number of allylic oxidation sites excluding steroid dienone is 1. The Morgan fingerprint density at radius 3 is 1.85 bits per heavy atom. The predicted molar refractivity (Wildman–Crippen MR) is 124 cm³/mol. The van der Waals surface area contributed by atoms with Gasteiger partial charge in [-0.2, -0.15) is 0 Å². The fourth-order valence-electron chi connectivity index (χ4n) is 3.61. The molecule has 0 radical (unpaired) electrons. The second-order valence-electron chi connectivity index (χ2n) is 7.45. The molecule has 0 aromatic heterocycles. The first-order chi connectivity index (χ1) is 16.4. The zero-order chi connectivity index (χ0) is 24.2. The molecule has 0 saturated heterocycles. The maximum Gasteiger partial charge on any atom is 0.190 e. The third kappa shape index (κ3) is 4.76.